The van der Waals surface area contributed by atoms with E-state index < -0.39 is 0 Å². The molecule has 30 heavy (non-hydrogen) atoms. The zero-order valence-corrected chi connectivity index (χ0v) is 17.4. The third kappa shape index (κ3) is 5.47. The topological polar surface area (TPSA) is 75.7 Å². The summed E-state index contributed by atoms with van der Waals surface area (Å²) in [6, 6.07) is 14.1. The van der Waals surface area contributed by atoms with Crippen LogP contribution in [0.3, 0.4) is 0 Å². The van der Waals surface area contributed by atoms with Crippen LogP contribution >= 0.6 is 0 Å². The molecule has 0 atom stereocenters. The van der Waals surface area contributed by atoms with Crippen LogP contribution in [0.1, 0.15) is 66.2 Å². The van der Waals surface area contributed by atoms with Gasteiger partial charge in [-0.05, 0) is 49.2 Å². The van der Waals surface area contributed by atoms with Crippen LogP contribution in [-0.2, 0) is 4.79 Å². The van der Waals surface area contributed by atoms with Crippen molar-refractivity contribution in [2.75, 3.05) is 18.5 Å². The second-order valence-corrected chi connectivity index (χ2v) is 7.39. The molecule has 0 saturated carbocycles. The van der Waals surface area contributed by atoms with Crippen molar-refractivity contribution in [3.63, 3.8) is 0 Å². The number of benzene rings is 2. The van der Waals surface area contributed by atoms with Crippen LogP contribution in [0.25, 0.3) is 0 Å². The molecule has 1 heterocycles. The summed E-state index contributed by atoms with van der Waals surface area (Å²) < 4.78 is 5.70. The van der Waals surface area contributed by atoms with Gasteiger partial charge in [-0.2, -0.15) is 0 Å². The lowest BCUT2D eigenvalue weighted by atomic mass is 10.1. The van der Waals surface area contributed by atoms with Gasteiger partial charge >= 0.3 is 0 Å². The molecule has 1 aliphatic rings. The van der Waals surface area contributed by atoms with Gasteiger partial charge in [0.1, 0.15) is 5.75 Å². The number of unbranched alkanes of at least 4 members (excludes halogenated alkanes) is 3. The number of hydrogen-bond acceptors (Lipinski definition) is 4. The summed E-state index contributed by atoms with van der Waals surface area (Å²) >= 11 is 0. The number of carbonyl (C=O) groups excluding carboxylic acids is 3. The van der Waals surface area contributed by atoms with Gasteiger partial charge in [0.05, 0.1) is 17.7 Å². The van der Waals surface area contributed by atoms with Gasteiger partial charge in [-0.15, -0.1) is 0 Å². The quantitative estimate of drug-likeness (QED) is 0.433. The lowest BCUT2D eigenvalue weighted by molar-refractivity contribution is -0.116. The molecule has 1 aliphatic heterocycles. The zero-order chi connectivity index (χ0) is 21.3. The monoisotopic (exact) mass is 408 g/mol. The van der Waals surface area contributed by atoms with E-state index >= 15 is 0 Å². The number of anilines is 1. The van der Waals surface area contributed by atoms with Crippen molar-refractivity contribution in [2.24, 2.45) is 0 Å². The highest BCUT2D eigenvalue weighted by Gasteiger charge is 2.34. The fourth-order valence-corrected chi connectivity index (χ4v) is 3.42. The second-order valence-electron chi connectivity index (χ2n) is 7.39. The average molecular weight is 408 g/mol. The van der Waals surface area contributed by atoms with Crippen LogP contribution in [0, 0.1) is 0 Å². The zero-order valence-electron chi connectivity index (χ0n) is 17.4. The molecule has 0 fully saturated rings. The molecule has 158 valence electrons. The lowest BCUT2D eigenvalue weighted by Crippen LogP contribution is -2.31. The molecule has 2 aromatic carbocycles. The standard InChI is InChI=1S/C24H28N2O4/c1-2-3-4-7-17-30-19-14-12-18(13-15-19)25-22(27)11-8-16-26-23(28)20-9-5-6-10-21(20)24(26)29/h5-6,9-10,12-15H,2-4,7-8,11,16-17H2,1H3,(H,25,27). The Morgan fingerprint density at radius 3 is 2.20 bits per heavy atom. The minimum atomic E-state index is -0.290. The second kappa shape index (κ2) is 10.6. The molecule has 0 unspecified atom stereocenters. The first-order chi connectivity index (χ1) is 14.6. The molecule has 0 aromatic heterocycles. The van der Waals surface area contributed by atoms with Crippen LogP contribution in [0.4, 0.5) is 5.69 Å². The Hall–Kier alpha value is -3.15. The summed E-state index contributed by atoms with van der Waals surface area (Å²) in [5.74, 6) is 0.0533. The van der Waals surface area contributed by atoms with Crippen LogP contribution in [-0.4, -0.2) is 35.8 Å². The van der Waals surface area contributed by atoms with E-state index in [1.807, 2.05) is 24.3 Å². The SMILES string of the molecule is CCCCCCOc1ccc(NC(=O)CCCN2C(=O)c3ccccc3C2=O)cc1. The molecule has 2 aromatic rings. The van der Waals surface area contributed by atoms with E-state index in [4.69, 9.17) is 4.74 Å². The maximum Gasteiger partial charge on any atom is 0.261 e. The highest BCUT2D eigenvalue weighted by molar-refractivity contribution is 6.21. The number of fused-ring (bicyclic) bond motifs is 1. The maximum absolute atomic E-state index is 12.3. The Bertz CT molecular complexity index is 857. The Kier molecular flexibility index (Phi) is 7.60. The fourth-order valence-electron chi connectivity index (χ4n) is 3.42. The maximum atomic E-state index is 12.3. The smallest absolute Gasteiger partial charge is 0.261 e. The number of imide groups is 1. The molecule has 0 bridgehead atoms. The van der Waals surface area contributed by atoms with Crippen LogP contribution in [0.15, 0.2) is 48.5 Å². The van der Waals surface area contributed by atoms with Gasteiger partial charge in [-0.1, -0.05) is 38.3 Å². The van der Waals surface area contributed by atoms with E-state index in [0.29, 0.717) is 29.8 Å². The molecule has 6 heteroatoms. The average Bonchev–Trinajstić information content (AvgIpc) is 3.00. The fraction of sp³-hybridized carbons (Fsp3) is 0.375. The van der Waals surface area contributed by atoms with E-state index in [0.717, 1.165) is 12.2 Å². The molecule has 0 saturated heterocycles. The van der Waals surface area contributed by atoms with Gasteiger partial charge < -0.3 is 10.1 Å². The third-order valence-electron chi connectivity index (χ3n) is 5.07. The summed E-state index contributed by atoms with van der Waals surface area (Å²) in [4.78, 5) is 38.1. The number of amides is 3. The molecule has 3 amide bonds. The van der Waals surface area contributed by atoms with Crippen LogP contribution in [0.5, 0.6) is 5.75 Å². The molecule has 0 spiro atoms. The Morgan fingerprint density at radius 2 is 1.57 bits per heavy atom. The van der Waals surface area contributed by atoms with Gasteiger partial charge in [-0.3, -0.25) is 19.3 Å². The van der Waals surface area contributed by atoms with Crippen molar-refractivity contribution >= 4 is 23.4 Å². The summed E-state index contributed by atoms with van der Waals surface area (Å²) in [6.07, 6.45) is 5.28. The van der Waals surface area contributed by atoms with Crippen molar-refractivity contribution in [2.45, 2.75) is 45.4 Å². The van der Waals surface area contributed by atoms with E-state index in [2.05, 4.69) is 12.2 Å². The van der Waals surface area contributed by atoms with Gasteiger partial charge in [0, 0.05) is 18.7 Å². The molecule has 6 nitrogen and oxygen atoms in total. The summed E-state index contributed by atoms with van der Waals surface area (Å²) in [6.45, 7) is 3.10. The van der Waals surface area contributed by atoms with Crippen molar-refractivity contribution < 1.29 is 19.1 Å². The van der Waals surface area contributed by atoms with Crippen LogP contribution in [0.2, 0.25) is 0 Å². The number of rotatable bonds is 11. The predicted molar refractivity (Wildman–Crippen MR) is 116 cm³/mol. The minimum absolute atomic E-state index is 0.153. The van der Waals surface area contributed by atoms with Crippen molar-refractivity contribution in [3.8, 4) is 5.75 Å². The summed E-state index contributed by atoms with van der Waals surface area (Å²) in [5.41, 5.74) is 1.55. The van der Waals surface area contributed by atoms with E-state index in [1.54, 1.807) is 24.3 Å². The number of carbonyl (C=O) groups is 3. The van der Waals surface area contributed by atoms with Gasteiger partial charge in [-0.25, -0.2) is 0 Å². The van der Waals surface area contributed by atoms with Gasteiger partial charge in [0.15, 0.2) is 0 Å². The Labute approximate surface area is 177 Å². The Morgan fingerprint density at radius 1 is 0.900 bits per heavy atom. The Balaban J connectivity index is 1.39. The predicted octanol–water partition coefficient (Wildman–Crippen LogP) is 4.66. The summed E-state index contributed by atoms with van der Waals surface area (Å²) in [7, 11) is 0. The highest BCUT2D eigenvalue weighted by atomic mass is 16.5. The first kappa shape index (κ1) is 21.6. The highest BCUT2D eigenvalue weighted by Crippen LogP contribution is 2.23. The third-order valence-corrected chi connectivity index (χ3v) is 5.07. The van der Waals surface area contributed by atoms with Gasteiger partial charge in [0.2, 0.25) is 5.91 Å². The number of nitrogens with one attached hydrogen (secondary N) is 1. The lowest BCUT2D eigenvalue weighted by Gasteiger charge is -2.13. The first-order valence-electron chi connectivity index (χ1n) is 10.6. The van der Waals surface area contributed by atoms with Crippen LogP contribution < -0.4 is 10.1 Å². The van der Waals surface area contributed by atoms with Crippen molar-refractivity contribution in [1.82, 2.24) is 4.90 Å². The normalized spacial score (nSPS) is 12.8. The largest absolute Gasteiger partial charge is 0.494 e. The van der Waals surface area contributed by atoms with E-state index in [-0.39, 0.29) is 30.7 Å². The van der Waals surface area contributed by atoms with Gasteiger partial charge in [0.25, 0.3) is 11.8 Å². The first-order valence-corrected chi connectivity index (χ1v) is 10.6. The summed E-state index contributed by atoms with van der Waals surface area (Å²) in [5, 5.41) is 2.84. The van der Waals surface area contributed by atoms with Crippen molar-refractivity contribution in [3.05, 3.63) is 59.7 Å². The van der Waals surface area contributed by atoms with Crippen molar-refractivity contribution in [1.29, 1.82) is 0 Å². The molecular formula is C24H28N2O4. The molecule has 0 aliphatic carbocycles. The van der Waals surface area contributed by atoms with E-state index in [9.17, 15) is 14.4 Å². The minimum Gasteiger partial charge on any atom is -0.494 e. The van der Waals surface area contributed by atoms with E-state index in [1.165, 1.54) is 24.2 Å². The number of ether oxygens (including phenoxy) is 1. The molecule has 1 N–H and O–H groups in total. The number of nitrogens with zero attached hydrogens (tertiary/aromatic N) is 1. The molecular weight excluding hydrogens is 380 g/mol. The molecule has 3 rings (SSSR count). The number of hydrogen-bond donors (Lipinski definition) is 1. The molecule has 0 radical (unpaired) electrons.